The number of amides is 2. The molecule has 0 spiro atoms. The Morgan fingerprint density at radius 2 is 1.84 bits per heavy atom. The lowest BCUT2D eigenvalue weighted by molar-refractivity contribution is -0.121. The van der Waals surface area contributed by atoms with E-state index in [0.29, 0.717) is 33.7 Å². The van der Waals surface area contributed by atoms with Crippen molar-refractivity contribution in [1.82, 2.24) is 15.8 Å². The van der Waals surface area contributed by atoms with E-state index in [1.807, 2.05) is 26.0 Å². The molecule has 3 rings (SSSR count). The monoisotopic (exact) mass is 457 g/mol. The summed E-state index contributed by atoms with van der Waals surface area (Å²) in [4.78, 5) is 28.6. The Labute approximate surface area is 190 Å². The minimum absolute atomic E-state index is 0.0335. The number of hydrazine groups is 1. The molecule has 0 aliphatic rings. The van der Waals surface area contributed by atoms with Gasteiger partial charge in [-0.3, -0.25) is 20.4 Å². The van der Waals surface area contributed by atoms with Gasteiger partial charge >= 0.3 is 0 Å². The molecule has 0 aliphatic carbocycles. The Morgan fingerprint density at radius 1 is 1.09 bits per heavy atom. The third-order valence-corrected chi connectivity index (χ3v) is 4.60. The van der Waals surface area contributed by atoms with Crippen molar-refractivity contribution >= 4 is 23.4 Å². The smallest absolute Gasteiger partial charge is 0.269 e. The number of carbonyl (C=O) groups is 2. The van der Waals surface area contributed by atoms with E-state index in [2.05, 4.69) is 15.8 Å². The number of rotatable bonds is 8. The van der Waals surface area contributed by atoms with E-state index in [1.165, 1.54) is 7.11 Å². The van der Waals surface area contributed by atoms with E-state index in [1.54, 1.807) is 36.5 Å². The lowest BCUT2D eigenvalue weighted by Gasteiger charge is -2.14. The van der Waals surface area contributed by atoms with Gasteiger partial charge in [-0.25, -0.2) is 4.98 Å². The fourth-order valence-electron chi connectivity index (χ4n) is 2.82. The number of benzene rings is 2. The highest BCUT2D eigenvalue weighted by molar-refractivity contribution is 6.30. The first kappa shape index (κ1) is 23.1. The van der Waals surface area contributed by atoms with Crippen molar-refractivity contribution in [3.63, 3.8) is 0 Å². The molecule has 8 nitrogen and oxygen atoms in total. The van der Waals surface area contributed by atoms with Crippen molar-refractivity contribution < 1.29 is 23.5 Å². The maximum Gasteiger partial charge on any atom is 0.269 e. The first-order valence-corrected chi connectivity index (χ1v) is 10.4. The normalized spacial score (nSPS) is 10.7. The molecule has 0 atom stereocenters. The summed E-state index contributed by atoms with van der Waals surface area (Å²) in [6, 6.07) is 12.0. The van der Waals surface area contributed by atoms with E-state index in [0.717, 1.165) is 5.56 Å². The van der Waals surface area contributed by atoms with Crippen molar-refractivity contribution in [2.45, 2.75) is 32.8 Å². The first-order valence-electron chi connectivity index (χ1n) is 10.00. The van der Waals surface area contributed by atoms with Gasteiger partial charge in [0.05, 0.1) is 19.4 Å². The summed E-state index contributed by atoms with van der Waals surface area (Å²) >= 11 is 5.89. The topological polar surface area (TPSA) is 103 Å². The molecule has 0 saturated heterocycles. The second kappa shape index (κ2) is 10.7. The highest BCUT2D eigenvalue weighted by Crippen LogP contribution is 2.29. The molecule has 0 fully saturated rings. The Balaban J connectivity index is 1.50. The summed E-state index contributed by atoms with van der Waals surface area (Å²) < 4.78 is 16.6. The number of hydrogen-bond acceptors (Lipinski definition) is 6. The second-order valence-electron chi connectivity index (χ2n) is 7.16. The largest absolute Gasteiger partial charge is 0.493 e. The molecule has 2 N–H and O–H groups in total. The molecule has 0 bridgehead atoms. The Hall–Kier alpha value is -3.52. The number of hydrogen-bond donors (Lipinski definition) is 2. The van der Waals surface area contributed by atoms with Crippen LogP contribution in [-0.4, -0.2) is 30.0 Å². The van der Waals surface area contributed by atoms with Gasteiger partial charge in [-0.1, -0.05) is 11.6 Å². The van der Waals surface area contributed by atoms with Crippen LogP contribution in [0, 0.1) is 0 Å². The Morgan fingerprint density at radius 3 is 2.53 bits per heavy atom. The van der Waals surface area contributed by atoms with Gasteiger partial charge < -0.3 is 13.9 Å². The van der Waals surface area contributed by atoms with E-state index < -0.39 is 5.91 Å². The molecule has 3 aromatic rings. The number of nitrogens with zero attached hydrogens (tertiary/aromatic N) is 1. The van der Waals surface area contributed by atoms with Crippen molar-refractivity contribution in [3.8, 4) is 22.8 Å². The summed E-state index contributed by atoms with van der Waals surface area (Å²) in [6.07, 6.45) is 1.93. The van der Waals surface area contributed by atoms with Gasteiger partial charge in [-0.15, -0.1) is 0 Å². The average Bonchev–Trinajstić information content (AvgIpc) is 3.25. The Kier molecular flexibility index (Phi) is 7.72. The third-order valence-electron chi connectivity index (χ3n) is 4.35. The number of methoxy groups -OCH3 is 1. The van der Waals surface area contributed by atoms with Gasteiger partial charge in [0, 0.05) is 29.0 Å². The third kappa shape index (κ3) is 6.24. The molecule has 32 heavy (non-hydrogen) atoms. The lowest BCUT2D eigenvalue weighted by Crippen LogP contribution is -2.41. The van der Waals surface area contributed by atoms with Gasteiger partial charge in [-0.2, -0.15) is 0 Å². The van der Waals surface area contributed by atoms with Gasteiger partial charge in [0.25, 0.3) is 5.91 Å². The zero-order valence-corrected chi connectivity index (χ0v) is 18.7. The Bertz CT molecular complexity index is 1080. The number of ether oxygens (including phenoxy) is 2. The fourth-order valence-corrected chi connectivity index (χ4v) is 2.94. The van der Waals surface area contributed by atoms with Gasteiger partial charge in [0.15, 0.2) is 23.1 Å². The number of aryl methyl sites for hydroxylation is 1. The maximum atomic E-state index is 12.3. The van der Waals surface area contributed by atoms with Crippen LogP contribution in [-0.2, 0) is 11.2 Å². The summed E-state index contributed by atoms with van der Waals surface area (Å²) in [7, 11) is 1.49. The van der Waals surface area contributed by atoms with Crippen LogP contribution >= 0.6 is 11.6 Å². The van der Waals surface area contributed by atoms with Crippen LogP contribution < -0.4 is 20.3 Å². The molecule has 1 aromatic heterocycles. The molecular weight excluding hydrogens is 434 g/mol. The maximum absolute atomic E-state index is 12.3. The summed E-state index contributed by atoms with van der Waals surface area (Å²) in [5.74, 6) is 1.11. The van der Waals surface area contributed by atoms with Crippen molar-refractivity contribution in [3.05, 3.63) is 65.1 Å². The van der Waals surface area contributed by atoms with Crippen LogP contribution in [0.1, 0.15) is 36.5 Å². The summed E-state index contributed by atoms with van der Waals surface area (Å²) in [5.41, 5.74) is 5.93. The number of halogens is 1. The number of oxazole rings is 1. The van der Waals surface area contributed by atoms with Crippen molar-refractivity contribution in [2.75, 3.05) is 7.11 Å². The quantitative estimate of drug-likeness (QED) is 0.492. The van der Waals surface area contributed by atoms with Crippen LogP contribution in [0.4, 0.5) is 0 Å². The predicted molar refractivity (Wildman–Crippen MR) is 120 cm³/mol. The van der Waals surface area contributed by atoms with E-state index in [9.17, 15) is 9.59 Å². The second-order valence-corrected chi connectivity index (χ2v) is 7.60. The van der Waals surface area contributed by atoms with E-state index in [-0.39, 0.29) is 24.9 Å². The first-order chi connectivity index (χ1) is 15.4. The SMILES string of the molecule is COc1cc(C(=O)NNC(=O)CCc2ncc(-c3ccc(Cl)cc3)o2)ccc1OC(C)C. The van der Waals surface area contributed by atoms with Crippen LogP contribution in [0.2, 0.25) is 5.02 Å². The van der Waals surface area contributed by atoms with Crippen LogP contribution in [0.3, 0.4) is 0 Å². The fraction of sp³-hybridized carbons (Fsp3) is 0.261. The summed E-state index contributed by atoms with van der Waals surface area (Å²) in [5, 5.41) is 0.630. The van der Waals surface area contributed by atoms with E-state index in [4.69, 9.17) is 25.5 Å². The molecule has 0 saturated carbocycles. The van der Waals surface area contributed by atoms with Crippen molar-refractivity contribution in [2.24, 2.45) is 0 Å². The van der Waals surface area contributed by atoms with Crippen LogP contribution in [0.25, 0.3) is 11.3 Å². The molecule has 168 valence electrons. The molecule has 0 unspecified atom stereocenters. The standard InChI is InChI=1S/C23H24ClN3O5/c1-14(2)31-18-9-6-16(12-19(18)30-3)23(29)27-26-21(28)10-11-22-25-13-20(32-22)15-4-7-17(24)8-5-15/h4-9,12-14H,10-11H2,1-3H3,(H,26,28)(H,27,29). The lowest BCUT2D eigenvalue weighted by atomic mass is 10.2. The molecule has 0 radical (unpaired) electrons. The van der Waals surface area contributed by atoms with Crippen LogP contribution in [0.5, 0.6) is 11.5 Å². The minimum atomic E-state index is -0.478. The van der Waals surface area contributed by atoms with Crippen molar-refractivity contribution in [1.29, 1.82) is 0 Å². The minimum Gasteiger partial charge on any atom is -0.493 e. The molecular formula is C23H24ClN3O5. The number of carbonyl (C=O) groups excluding carboxylic acids is 2. The number of aromatic nitrogens is 1. The van der Waals surface area contributed by atoms with Crippen LogP contribution in [0.15, 0.2) is 53.1 Å². The average molecular weight is 458 g/mol. The highest BCUT2D eigenvalue weighted by Gasteiger charge is 2.14. The molecule has 1 heterocycles. The summed E-state index contributed by atoms with van der Waals surface area (Å²) in [6.45, 7) is 3.79. The predicted octanol–water partition coefficient (Wildman–Crippen LogP) is 4.18. The highest BCUT2D eigenvalue weighted by atomic mass is 35.5. The zero-order valence-electron chi connectivity index (χ0n) is 18.0. The molecule has 2 aromatic carbocycles. The zero-order chi connectivity index (χ0) is 23.1. The number of nitrogens with one attached hydrogen (secondary N) is 2. The molecule has 0 aliphatic heterocycles. The molecule has 2 amide bonds. The van der Waals surface area contributed by atoms with Gasteiger partial charge in [0.1, 0.15) is 0 Å². The van der Waals surface area contributed by atoms with E-state index >= 15 is 0 Å². The molecule has 9 heteroatoms. The van der Waals surface area contributed by atoms with Gasteiger partial charge in [-0.05, 0) is 56.3 Å². The van der Waals surface area contributed by atoms with Gasteiger partial charge in [0.2, 0.25) is 5.91 Å².